The Kier molecular flexibility index (Phi) is 16.2. The number of nitrogens with zero attached hydrogens (tertiary/aromatic N) is 3. The van der Waals surface area contributed by atoms with Crippen molar-refractivity contribution in [1.29, 1.82) is 0 Å². The first-order valence-corrected chi connectivity index (χ1v) is 18.1. The molecule has 0 atom stereocenters. The average Bonchev–Trinajstić information content (AvgIpc) is 3.47. The number of benzene rings is 1. The van der Waals surface area contributed by atoms with Crippen LogP contribution in [0.15, 0.2) is 24.3 Å². The number of amides is 2. The van der Waals surface area contributed by atoms with Crippen LogP contribution in [0.1, 0.15) is 77.3 Å². The molecule has 5 rings (SSSR count). The molecule has 0 aliphatic carbocycles. The fourth-order valence-corrected chi connectivity index (χ4v) is 8.38. The summed E-state index contributed by atoms with van der Waals surface area (Å²) in [5.74, 6) is 0. The molecular formula is C37H51F12N4O4Pd-. The number of halogens is 12. The Balaban J connectivity index is 0.000000402. The van der Waals surface area contributed by atoms with Crippen LogP contribution in [0, 0.1) is 25.2 Å². The summed E-state index contributed by atoms with van der Waals surface area (Å²) in [5, 5.41) is 3.34. The second-order valence-corrected chi connectivity index (χ2v) is 16.9. The summed E-state index contributed by atoms with van der Waals surface area (Å²) in [6.07, 6.45) is -30.5. The van der Waals surface area contributed by atoms with E-state index in [1.165, 1.54) is 11.1 Å². The molecule has 21 heteroatoms. The molecule has 338 valence electrons. The minimum absolute atomic E-state index is 0. The number of alkyl halides is 12. The number of piperidine rings is 2. The Morgan fingerprint density at radius 1 is 0.672 bits per heavy atom. The van der Waals surface area contributed by atoms with E-state index in [1.807, 2.05) is 32.9 Å². The van der Waals surface area contributed by atoms with Crippen LogP contribution in [0.2, 0.25) is 0 Å². The summed E-state index contributed by atoms with van der Waals surface area (Å²) in [4.78, 5) is 28.0. The SMILES string of the molecule is CC1(C)CC2(CCN(C(=O)OC(C(F)(F)F)C(F)(F)F)CC2)CN1.Cc1ccc(CN2CC3(CCN(C(=O)OC(C(F)(F)F)C(F)(F)F)CC3)CC2(C)C)cc1.[CH3-].[Pd]. The normalized spacial score (nSPS) is 21.6. The maximum atomic E-state index is 12.7. The average molecular weight is 950 g/mol. The van der Waals surface area contributed by atoms with E-state index in [0.717, 1.165) is 42.3 Å². The molecule has 1 N–H and O–H groups in total. The van der Waals surface area contributed by atoms with E-state index in [2.05, 4.69) is 45.7 Å². The maximum absolute atomic E-state index is 12.7. The number of carbonyl (C=O) groups is 2. The fraction of sp³-hybridized carbons (Fsp3) is 0.757. The molecule has 4 heterocycles. The van der Waals surface area contributed by atoms with Crippen molar-refractivity contribution in [1.82, 2.24) is 20.0 Å². The molecule has 0 radical (unpaired) electrons. The standard InChI is InChI=1S/C22H28F6N2O2.C14H20F6N2O2.CH3.Pd/c1-15-4-6-16(7-5-15)12-30-14-20(13-19(30,2)3)8-10-29(11-9-20)18(31)32-17(21(23,24)25)22(26,27)28;1-11(2)7-12(8-21-11)3-5-22(6-4-12)10(23)24-9(13(15,16)17)14(18,19)20;;/h4-7,17H,8-14H2,1-3H3;9,21H,3-8H2,1-2H3;1H3;/q;;-1;. The molecule has 4 aliphatic rings. The third-order valence-electron chi connectivity index (χ3n) is 11.2. The van der Waals surface area contributed by atoms with Crippen molar-refractivity contribution in [2.24, 2.45) is 10.8 Å². The van der Waals surface area contributed by atoms with Gasteiger partial charge in [-0.3, -0.25) is 4.90 Å². The predicted octanol–water partition coefficient (Wildman–Crippen LogP) is 9.61. The van der Waals surface area contributed by atoms with E-state index in [-0.39, 0.29) is 75.9 Å². The molecular weight excluding hydrogens is 899 g/mol. The molecule has 2 spiro atoms. The third-order valence-corrected chi connectivity index (χ3v) is 11.2. The number of nitrogens with one attached hydrogen (secondary N) is 1. The first-order valence-electron chi connectivity index (χ1n) is 18.1. The zero-order chi connectivity index (χ0) is 42.3. The van der Waals surface area contributed by atoms with Gasteiger partial charge in [-0.25, -0.2) is 9.59 Å². The van der Waals surface area contributed by atoms with Crippen LogP contribution in [0.5, 0.6) is 0 Å². The van der Waals surface area contributed by atoms with Gasteiger partial charge in [0.15, 0.2) is 0 Å². The molecule has 1 aromatic rings. The van der Waals surface area contributed by atoms with E-state index in [4.69, 9.17) is 0 Å². The molecule has 0 saturated carbocycles. The number of likely N-dealkylation sites (tertiary alicyclic amines) is 3. The van der Waals surface area contributed by atoms with Gasteiger partial charge in [-0.2, -0.15) is 52.7 Å². The summed E-state index contributed by atoms with van der Waals surface area (Å²) in [7, 11) is 0. The quantitative estimate of drug-likeness (QED) is 0.184. The van der Waals surface area contributed by atoms with Gasteiger partial charge in [0.2, 0.25) is 0 Å². The minimum atomic E-state index is -5.71. The van der Waals surface area contributed by atoms with Gasteiger partial charge >= 0.3 is 36.9 Å². The largest absolute Gasteiger partial charge is 0.434 e. The van der Waals surface area contributed by atoms with Crippen molar-refractivity contribution in [2.45, 2.75) is 128 Å². The van der Waals surface area contributed by atoms with Crippen molar-refractivity contribution in [2.75, 3.05) is 39.3 Å². The molecule has 0 bridgehead atoms. The molecule has 4 aliphatic heterocycles. The zero-order valence-corrected chi connectivity index (χ0v) is 34.5. The second kappa shape index (κ2) is 18.2. The Bertz CT molecular complexity index is 1490. The Morgan fingerprint density at radius 3 is 1.40 bits per heavy atom. The molecule has 8 nitrogen and oxygen atoms in total. The smallest absolute Gasteiger partial charge is 0.426 e. The number of ether oxygens (including phenoxy) is 2. The summed E-state index contributed by atoms with van der Waals surface area (Å²) in [6, 6.07) is 8.25. The summed E-state index contributed by atoms with van der Waals surface area (Å²) < 4.78 is 158. The van der Waals surface area contributed by atoms with Crippen molar-refractivity contribution < 1.29 is 92.2 Å². The van der Waals surface area contributed by atoms with Gasteiger partial charge in [-0.15, -0.1) is 0 Å². The van der Waals surface area contributed by atoms with Crippen molar-refractivity contribution in [3.05, 3.63) is 42.8 Å². The van der Waals surface area contributed by atoms with Crippen LogP contribution in [0.25, 0.3) is 0 Å². The number of carbonyl (C=O) groups excluding carboxylic acids is 2. The van der Waals surface area contributed by atoms with Gasteiger partial charge in [0.1, 0.15) is 0 Å². The molecule has 4 saturated heterocycles. The molecule has 4 fully saturated rings. The third kappa shape index (κ3) is 13.2. The first kappa shape index (κ1) is 51.6. The van der Waals surface area contributed by atoms with E-state index < -0.39 is 49.1 Å². The van der Waals surface area contributed by atoms with Gasteiger partial charge < -0.3 is 32.0 Å². The van der Waals surface area contributed by atoms with E-state index >= 15 is 0 Å². The summed E-state index contributed by atoms with van der Waals surface area (Å²) in [5.41, 5.74) is 1.94. The summed E-state index contributed by atoms with van der Waals surface area (Å²) >= 11 is 0. The molecule has 0 unspecified atom stereocenters. The monoisotopic (exact) mass is 949 g/mol. The Hall–Kier alpha value is -2.50. The number of rotatable bonds is 4. The van der Waals surface area contributed by atoms with Gasteiger partial charge in [0.05, 0.1) is 0 Å². The van der Waals surface area contributed by atoms with Crippen LogP contribution in [-0.4, -0.2) is 114 Å². The summed E-state index contributed by atoms with van der Waals surface area (Å²) in [6.45, 7) is 12.9. The van der Waals surface area contributed by atoms with E-state index in [1.54, 1.807) is 0 Å². The Morgan fingerprint density at radius 2 is 1.05 bits per heavy atom. The van der Waals surface area contributed by atoms with Crippen molar-refractivity contribution in [3.8, 4) is 0 Å². The van der Waals surface area contributed by atoms with Crippen molar-refractivity contribution >= 4 is 12.2 Å². The fourth-order valence-electron chi connectivity index (χ4n) is 8.38. The minimum Gasteiger partial charge on any atom is -0.426 e. The maximum Gasteiger partial charge on any atom is 0.434 e. The number of hydrogen-bond acceptors (Lipinski definition) is 6. The molecule has 58 heavy (non-hydrogen) atoms. The van der Waals surface area contributed by atoms with Crippen LogP contribution in [0.4, 0.5) is 62.3 Å². The molecule has 0 aromatic heterocycles. The van der Waals surface area contributed by atoms with Gasteiger partial charge in [0, 0.05) is 77.3 Å². The second-order valence-electron chi connectivity index (χ2n) is 16.9. The number of hydrogen-bond donors (Lipinski definition) is 1. The van der Waals surface area contributed by atoms with Crippen LogP contribution < -0.4 is 5.32 Å². The van der Waals surface area contributed by atoms with Crippen molar-refractivity contribution in [3.63, 3.8) is 0 Å². The first-order chi connectivity index (χ1) is 25.4. The van der Waals surface area contributed by atoms with Gasteiger partial charge in [0.25, 0.3) is 12.2 Å². The van der Waals surface area contributed by atoms with E-state index in [0.29, 0.717) is 25.7 Å². The van der Waals surface area contributed by atoms with E-state index in [9.17, 15) is 62.3 Å². The zero-order valence-electron chi connectivity index (χ0n) is 33.0. The molecule has 1 aromatic carbocycles. The van der Waals surface area contributed by atoms with Crippen LogP contribution in [-0.2, 0) is 36.4 Å². The molecule has 2 amide bonds. The predicted molar refractivity (Wildman–Crippen MR) is 185 cm³/mol. The van der Waals surface area contributed by atoms with Gasteiger partial charge in [-0.05, 0) is 89.5 Å². The van der Waals surface area contributed by atoms with Crippen LogP contribution >= 0.6 is 0 Å². The number of aryl methyl sites for hydroxylation is 1. The topological polar surface area (TPSA) is 74.4 Å². The van der Waals surface area contributed by atoms with Gasteiger partial charge in [-0.1, -0.05) is 29.8 Å². The Labute approximate surface area is 344 Å². The van der Waals surface area contributed by atoms with Crippen LogP contribution in [0.3, 0.4) is 0 Å².